The highest BCUT2D eigenvalue weighted by Crippen LogP contribution is 2.21. The normalized spacial score (nSPS) is 14.5. The molecule has 0 saturated heterocycles. The fourth-order valence-corrected chi connectivity index (χ4v) is 1.89. The number of hydrogen-bond donors (Lipinski definition) is 2. The van der Waals surface area contributed by atoms with Crippen LogP contribution >= 0.6 is 0 Å². The zero-order valence-corrected chi connectivity index (χ0v) is 10.1. The summed E-state index contributed by atoms with van der Waals surface area (Å²) in [6, 6.07) is 7.75. The molecule has 16 heavy (non-hydrogen) atoms. The van der Waals surface area contributed by atoms with Crippen molar-refractivity contribution in [2.24, 2.45) is 5.73 Å². The van der Waals surface area contributed by atoms with E-state index in [0.29, 0.717) is 6.42 Å². The summed E-state index contributed by atoms with van der Waals surface area (Å²) in [7, 11) is 1.64. The minimum Gasteiger partial charge on any atom is -0.497 e. The van der Waals surface area contributed by atoms with Gasteiger partial charge in [0.1, 0.15) is 5.75 Å². The highest BCUT2D eigenvalue weighted by Gasteiger charge is 2.24. The number of methoxy groups -OCH3 is 1. The second kappa shape index (κ2) is 5.87. The molecule has 1 atom stereocenters. The van der Waals surface area contributed by atoms with Gasteiger partial charge in [-0.05, 0) is 24.1 Å². The number of hydrogen-bond acceptors (Lipinski definition) is 3. The van der Waals surface area contributed by atoms with E-state index in [4.69, 9.17) is 10.5 Å². The first kappa shape index (κ1) is 13.0. The number of benzene rings is 1. The molecule has 1 aromatic rings. The molecule has 0 saturated carbocycles. The summed E-state index contributed by atoms with van der Waals surface area (Å²) in [5, 5.41) is 10.3. The summed E-state index contributed by atoms with van der Waals surface area (Å²) in [6.45, 7) is 2.34. The van der Waals surface area contributed by atoms with Crippen LogP contribution in [0, 0.1) is 0 Å². The van der Waals surface area contributed by atoms with Crippen molar-refractivity contribution >= 4 is 0 Å². The molecule has 1 aromatic carbocycles. The molecule has 3 heteroatoms. The molecule has 0 aromatic heterocycles. The fourth-order valence-electron chi connectivity index (χ4n) is 1.89. The van der Waals surface area contributed by atoms with Crippen LogP contribution in [0.4, 0.5) is 0 Å². The van der Waals surface area contributed by atoms with Crippen LogP contribution in [0.3, 0.4) is 0 Å². The van der Waals surface area contributed by atoms with Gasteiger partial charge < -0.3 is 15.6 Å². The van der Waals surface area contributed by atoms with Crippen LogP contribution in [0.5, 0.6) is 5.75 Å². The lowest BCUT2D eigenvalue weighted by Gasteiger charge is -2.26. The zero-order valence-electron chi connectivity index (χ0n) is 10.1. The summed E-state index contributed by atoms with van der Waals surface area (Å²) in [5.74, 6) is 0.813. The fraction of sp³-hybridized carbons (Fsp3) is 0.538. The Bertz CT molecular complexity index is 327. The van der Waals surface area contributed by atoms with Crippen molar-refractivity contribution in [2.45, 2.75) is 31.8 Å². The molecular formula is C13H21NO2. The van der Waals surface area contributed by atoms with Crippen LogP contribution in [0.15, 0.2) is 24.3 Å². The first-order valence-electron chi connectivity index (χ1n) is 5.69. The Morgan fingerprint density at radius 1 is 1.44 bits per heavy atom. The van der Waals surface area contributed by atoms with Crippen molar-refractivity contribution < 1.29 is 9.84 Å². The van der Waals surface area contributed by atoms with Crippen molar-refractivity contribution in [2.75, 3.05) is 13.7 Å². The second-order valence-corrected chi connectivity index (χ2v) is 4.21. The van der Waals surface area contributed by atoms with E-state index < -0.39 is 5.60 Å². The van der Waals surface area contributed by atoms with Crippen molar-refractivity contribution in [3.63, 3.8) is 0 Å². The predicted molar refractivity (Wildman–Crippen MR) is 65.6 cm³/mol. The van der Waals surface area contributed by atoms with Crippen molar-refractivity contribution in [1.29, 1.82) is 0 Å². The lowest BCUT2D eigenvalue weighted by Crippen LogP contribution is -2.39. The highest BCUT2D eigenvalue weighted by atomic mass is 16.5. The summed E-state index contributed by atoms with van der Waals surface area (Å²) in [4.78, 5) is 0. The molecule has 1 unspecified atom stereocenters. The van der Waals surface area contributed by atoms with Gasteiger partial charge in [-0.2, -0.15) is 0 Å². The number of rotatable bonds is 6. The SMILES string of the molecule is CCCC(O)(CN)Cc1cccc(OC)c1. The van der Waals surface area contributed by atoms with Gasteiger partial charge in [-0.3, -0.25) is 0 Å². The Kier molecular flexibility index (Phi) is 4.77. The van der Waals surface area contributed by atoms with E-state index in [1.807, 2.05) is 31.2 Å². The lowest BCUT2D eigenvalue weighted by atomic mass is 9.90. The Morgan fingerprint density at radius 3 is 2.75 bits per heavy atom. The summed E-state index contributed by atoms with van der Waals surface area (Å²) < 4.78 is 5.15. The minimum absolute atomic E-state index is 0.290. The van der Waals surface area contributed by atoms with Gasteiger partial charge in [0.2, 0.25) is 0 Å². The number of aliphatic hydroxyl groups is 1. The second-order valence-electron chi connectivity index (χ2n) is 4.21. The Hall–Kier alpha value is -1.06. The lowest BCUT2D eigenvalue weighted by molar-refractivity contribution is 0.0398. The molecule has 1 rings (SSSR count). The van der Waals surface area contributed by atoms with Crippen molar-refractivity contribution in [3.05, 3.63) is 29.8 Å². The first-order chi connectivity index (χ1) is 7.63. The van der Waals surface area contributed by atoms with Gasteiger partial charge in [0.15, 0.2) is 0 Å². The van der Waals surface area contributed by atoms with E-state index in [1.54, 1.807) is 7.11 Å². The van der Waals surface area contributed by atoms with Crippen LogP contribution in [-0.4, -0.2) is 24.4 Å². The van der Waals surface area contributed by atoms with Gasteiger partial charge in [0.25, 0.3) is 0 Å². The molecule has 0 bridgehead atoms. The van der Waals surface area contributed by atoms with Gasteiger partial charge in [-0.15, -0.1) is 0 Å². The van der Waals surface area contributed by atoms with E-state index in [9.17, 15) is 5.11 Å². The quantitative estimate of drug-likeness (QED) is 0.772. The van der Waals surface area contributed by atoms with Crippen LogP contribution < -0.4 is 10.5 Å². The van der Waals surface area contributed by atoms with E-state index in [1.165, 1.54) is 0 Å². The molecule has 0 aliphatic rings. The van der Waals surface area contributed by atoms with Crippen LogP contribution in [0.1, 0.15) is 25.3 Å². The third kappa shape index (κ3) is 3.51. The van der Waals surface area contributed by atoms with Crippen molar-refractivity contribution in [1.82, 2.24) is 0 Å². The molecule has 0 aliphatic carbocycles. The van der Waals surface area contributed by atoms with Crippen LogP contribution in [0.2, 0.25) is 0 Å². The largest absolute Gasteiger partial charge is 0.497 e. The topological polar surface area (TPSA) is 55.5 Å². The maximum Gasteiger partial charge on any atom is 0.119 e. The maximum atomic E-state index is 10.3. The summed E-state index contributed by atoms with van der Waals surface area (Å²) in [6.07, 6.45) is 2.23. The smallest absolute Gasteiger partial charge is 0.119 e. The average molecular weight is 223 g/mol. The first-order valence-corrected chi connectivity index (χ1v) is 5.69. The van der Waals surface area contributed by atoms with Crippen LogP contribution in [-0.2, 0) is 6.42 Å². The molecule has 3 N–H and O–H groups in total. The van der Waals surface area contributed by atoms with Gasteiger partial charge in [0, 0.05) is 13.0 Å². The maximum absolute atomic E-state index is 10.3. The number of ether oxygens (including phenoxy) is 1. The molecule has 0 spiro atoms. The van der Waals surface area contributed by atoms with Gasteiger partial charge in [-0.25, -0.2) is 0 Å². The average Bonchev–Trinajstić information content (AvgIpc) is 2.29. The third-order valence-electron chi connectivity index (χ3n) is 2.76. The molecule has 0 aliphatic heterocycles. The summed E-state index contributed by atoms with van der Waals surface area (Å²) in [5.41, 5.74) is 5.90. The summed E-state index contributed by atoms with van der Waals surface area (Å²) >= 11 is 0. The predicted octanol–water partition coefficient (Wildman–Crippen LogP) is 1.73. The third-order valence-corrected chi connectivity index (χ3v) is 2.76. The molecule has 90 valence electrons. The van der Waals surface area contributed by atoms with E-state index in [2.05, 4.69) is 0 Å². The Labute approximate surface area is 97.2 Å². The Morgan fingerprint density at radius 2 is 2.19 bits per heavy atom. The van der Waals surface area contributed by atoms with Gasteiger partial charge in [-0.1, -0.05) is 25.5 Å². The standard InChI is InChI=1S/C13H21NO2/c1-3-7-13(15,10-14)9-11-5-4-6-12(8-11)16-2/h4-6,8,15H,3,7,9-10,14H2,1-2H3. The van der Waals surface area contributed by atoms with E-state index >= 15 is 0 Å². The van der Waals surface area contributed by atoms with Gasteiger partial charge >= 0.3 is 0 Å². The van der Waals surface area contributed by atoms with E-state index in [-0.39, 0.29) is 6.54 Å². The molecular weight excluding hydrogens is 202 g/mol. The molecule has 3 nitrogen and oxygen atoms in total. The van der Waals surface area contributed by atoms with Crippen LogP contribution in [0.25, 0.3) is 0 Å². The molecule has 0 amide bonds. The Balaban J connectivity index is 2.77. The molecule has 0 fully saturated rings. The highest BCUT2D eigenvalue weighted by molar-refractivity contribution is 5.29. The number of nitrogens with two attached hydrogens (primary N) is 1. The van der Waals surface area contributed by atoms with Gasteiger partial charge in [0.05, 0.1) is 12.7 Å². The monoisotopic (exact) mass is 223 g/mol. The van der Waals surface area contributed by atoms with Crippen molar-refractivity contribution in [3.8, 4) is 5.75 Å². The zero-order chi connectivity index (χ0) is 12.0. The molecule has 0 radical (unpaired) electrons. The minimum atomic E-state index is -0.791. The molecule has 0 heterocycles. The van der Waals surface area contributed by atoms with E-state index in [0.717, 1.165) is 24.2 Å².